The van der Waals surface area contributed by atoms with E-state index in [1.165, 1.54) is 6.42 Å². The van der Waals surface area contributed by atoms with Crippen molar-refractivity contribution in [2.75, 3.05) is 5.32 Å². The SMILES string of the molecule is NC1CCCCCC1C(=O)Nc1cccc2ccncc12. The van der Waals surface area contributed by atoms with E-state index in [2.05, 4.69) is 10.3 Å². The van der Waals surface area contributed by atoms with Gasteiger partial charge in [-0.3, -0.25) is 9.78 Å². The van der Waals surface area contributed by atoms with E-state index in [9.17, 15) is 4.79 Å². The van der Waals surface area contributed by atoms with Crippen molar-refractivity contribution in [2.24, 2.45) is 11.7 Å². The summed E-state index contributed by atoms with van der Waals surface area (Å²) in [6.45, 7) is 0. The maximum Gasteiger partial charge on any atom is 0.229 e. The van der Waals surface area contributed by atoms with Crippen LogP contribution in [0.2, 0.25) is 0 Å². The van der Waals surface area contributed by atoms with Crippen molar-refractivity contribution in [3.05, 3.63) is 36.7 Å². The Labute approximate surface area is 124 Å². The zero-order chi connectivity index (χ0) is 14.7. The summed E-state index contributed by atoms with van der Waals surface area (Å²) in [5, 5.41) is 5.10. The first-order valence-corrected chi connectivity index (χ1v) is 7.65. The van der Waals surface area contributed by atoms with Gasteiger partial charge < -0.3 is 11.1 Å². The Morgan fingerprint density at radius 3 is 2.95 bits per heavy atom. The topological polar surface area (TPSA) is 68.0 Å². The quantitative estimate of drug-likeness (QED) is 0.832. The van der Waals surface area contributed by atoms with Crippen LogP contribution < -0.4 is 11.1 Å². The van der Waals surface area contributed by atoms with Crippen LogP contribution in [0.15, 0.2) is 36.7 Å². The molecule has 3 rings (SSSR count). The third kappa shape index (κ3) is 3.05. The molecule has 1 amide bonds. The van der Waals surface area contributed by atoms with Gasteiger partial charge in [0, 0.05) is 23.8 Å². The number of aromatic nitrogens is 1. The summed E-state index contributed by atoms with van der Waals surface area (Å²) in [6.07, 6.45) is 8.76. The van der Waals surface area contributed by atoms with Gasteiger partial charge in [0.2, 0.25) is 5.91 Å². The first-order chi connectivity index (χ1) is 10.3. The minimum atomic E-state index is -0.0839. The fraction of sp³-hybridized carbons (Fsp3) is 0.412. The number of pyridine rings is 1. The van der Waals surface area contributed by atoms with E-state index < -0.39 is 0 Å². The zero-order valence-electron chi connectivity index (χ0n) is 12.1. The van der Waals surface area contributed by atoms with Crippen LogP contribution in [0.25, 0.3) is 10.8 Å². The number of nitrogens with one attached hydrogen (secondary N) is 1. The molecule has 2 unspecified atom stereocenters. The highest BCUT2D eigenvalue weighted by molar-refractivity contribution is 6.02. The van der Waals surface area contributed by atoms with Crippen LogP contribution in [0, 0.1) is 5.92 Å². The number of fused-ring (bicyclic) bond motifs is 1. The highest BCUT2D eigenvalue weighted by Gasteiger charge is 2.27. The van der Waals surface area contributed by atoms with E-state index in [0.717, 1.165) is 42.1 Å². The second-order valence-corrected chi connectivity index (χ2v) is 5.80. The highest BCUT2D eigenvalue weighted by Crippen LogP contribution is 2.26. The van der Waals surface area contributed by atoms with E-state index in [1.54, 1.807) is 12.4 Å². The molecule has 110 valence electrons. The van der Waals surface area contributed by atoms with Gasteiger partial charge in [-0.25, -0.2) is 0 Å². The van der Waals surface area contributed by atoms with Gasteiger partial charge in [0.15, 0.2) is 0 Å². The highest BCUT2D eigenvalue weighted by atomic mass is 16.1. The molecule has 0 bridgehead atoms. The van der Waals surface area contributed by atoms with E-state index in [4.69, 9.17) is 5.73 Å². The molecular formula is C17H21N3O. The van der Waals surface area contributed by atoms with Gasteiger partial charge in [0.05, 0.1) is 11.6 Å². The summed E-state index contributed by atoms with van der Waals surface area (Å²) in [6, 6.07) is 7.81. The Morgan fingerprint density at radius 2 is 2.05 bits per heavy atom. The first kappa shape index (κ1) is 14.0. The van der Waals surface area contributed by atoms with Gasteiger partial charge in [-0.15, -0.1) is 0 Å². The molecule has 0 radical (unpaired) electrons. The van der Waals surface area contributed by atoms with Crippen molar-refractivity contribution < 1.29 is 4.79 Å². The van der Waals surface area contributed by atoms with E-state index in [-0.39, 0.29) is 17.9 Å². The first-order valence-electron chi connectivity index (χ1n) is 7.65. The molecule has 4 nitrogen and oxygen atoms in total. The number of carbonyl (C=O) groups excluding carboxylic acids is 1. The summed E-state index contributed by atoms with van der Waals surface area (Å²) in [5.74, 6) is -0.0415. The fourth-order valence-corrected chi connectivity index (χ4v) is 3.11. The van der Waals surface area contributed by atoms with Crippen LogP contribution in [-0.2, 0) is 4.79 Å². The van der Waals surface area contributed by atoms with E-state index in [1.807, 2.05) is 24.3 Å². The fourth-order valence-electron chi connectivity index (χ4n) is 3.11. The smallest absolute Gasteiger partial charge is 0.229 e. The zero-order valence-corrected chi connectivity index (χ0v) is 12.1. The molecule has 1 aromatic carbocycles. The monoisotopic (exact) mass is 283 g/mol. The van der Waals surface area contributed by atoms with Crippen molar-refractivity contribution in [1.82, 2.24) is 4.98 Å². The molecule has 2 aromatic rings. The molecule has 1 saturated carbocycles. The minimum absolute atomic E-state index is 0.0272. The lowest BCUT2D eigenvalue weighted by Gasteiger charge is -2.21. The second-order valence-electron chi connectivity index (χ2n) is 5.80. The molecule has 1 aliphatic carbocycles. The summed E-state index contributed by atoms with van der Waals surface area (Å²) in [7, 11) is 0. The lowest BCUT2D eigenvalue weighted by atomic mass is 9.94. The van der Waals surface area contributed by atoms with Crippen molar-refractivity contribution in [3.63, 3.8) is 0 Å². The van der Waals surface area contributed by atoms with Crippen LogP contribution in [0.1, 0.15) is 32.1 Å². The lowest BCUT2D eigenvalue weighted by molar-refractivity contribution is -0.120. The third-order valence-electron chi connectivity index (χ3n) is 4.35. The van der Waals surface area contributed by atoms with Crippen LogP contribution in [0.5, 0.6) is 0 Å². The third-order valence-corrected chi connectivity index (χ3v) is 4.35. The largest absolute Gasteiger partial charge is 0.327 e. The molecule has 3 N–H and O–H groups in total. The number of nitrogens with two attached hydrogens (primary N) is 1. The number of benzene rings is 1. The molecule has 1 aromatic heterocycles. The summed E-state index contributed by atoms with van der Waals surface area (Å²) < 4.78 is 0. The van der Waals surface area contributed by atoms with Gasteiger partial charge in [0.1, 0.15) is 0 Å². The average Bonchev–Trinajstić information content (AvgIpc) is 2.72. The van der Waals surface area contributed by atoms with Crippen molar-refractivity contribution in [3.8, 4) is 0 Å². The van der Waals surface area contributed by atoms with E-state index >= 15 is 0 Å². The van der Waals surface area contributed by atoms with Crippen LogP contribution in [-0.4, -0.2) is 16.9 Å². The van der Waals surface area contributed by atoms with Gasteiger partial charge in [-0.05, 0) is 30.4 Å². The Kier molecular flexibility index (Phi) is 4.15. The molecular weight excluding hydrogens is 262 g/mol. The average molecular weight is 283 g/mol. The molecule has 4 heteroatoms. The maximum absolute atomic E-state index is 12.6. The molecule has 21 heavy (non-hydrogen) atoms. The molecule has 1 heterocycles. The van der Waals surface area contributed by atoms with Gasteiger partial charge in [0.25, 0.3) is 0 Å². The van der Waals surface area contributed by atoms with Gasteiger partial charge in [-0.2, -0.15) is 0 Å². The van der Waals surface area contributed by atoms with Gasteiger partial charge in [-0.1, -0.05) is 31.4 Å². The number of carbonyl (C=O) groups is 1. The standard InChI is InChI=1S/C17H21N3O/c18-15-7-3-1-2-6-13(15)17(21)20-16-8-4-5-12-9-10-19-11-14(12)16/h4-5,8-11,13,15H,1-3,6-7,18H2,(H,20,21). The van der Waals surface area contributed by atoms with Crippen molar-refractivity contribution >= 4 is 22.4 Å². The Hall–Kier alpha value is -1.94. The maximum atomic E-state index is 12.6. The molecule has 0 aliphatic heterocycles. The predicted octanol–water partition coefficient (Wildman–Crippen LogP) is 3.08. The number of hydrogen-bond donors (Lipinski definition) is 2. The van der Waals surface area contributed by atoms with E-state index in [0.29, 0.717) is 0 Å². The predicted molar refractivity (Wildman–Crippen MR) is 84.9 cm³/mol. The Bertz CT molecular complexity index is 635. The molecule has 1 fully saturated rings. The Balaban J connectivity index is 1.82. The number of nitrogens with zero attached hydrogens (tertiary/aromatic N) is 1. The summed E-state index contributed by atoms with van der Waals surface area (Å²) >= 11 is 0. The van der Waals surface area contributed by atoms with Crippen LogP contribution in [0.4, 0.5) is 5.69 Å². The normalized spacial score (nSPS) is 22.7. The molecule has 0 spiro atoms. The van der Waals surface area contributed by atoms with Gasteiger partial charge >= 0.3 is 0 Å². The van der Waals surface area contributed by atoms with Crippen molar-refractivity contribution in [1.29, 1.82) is 0 Å². The molecule has 0 saturated heterocycles. The molecule has 1 aliphatic rings. The lowest BCUT2D eigenvalue weighted by Crippen LogP contribution is -2.37. The van der Waals surface area contributed by atoms with Crippen molar-refractivity contribution in [2.45, 2.75) is 38.1 Å². The molecule has 2 atom stereocenters. The van der Waals surface area contributed by atoms with Crippen LogP contribution in [0.3, 0.4) is 0 Å². The summed E-state index contributed by atoms with van der Waals surface area (Å²) in [4.78, 5) is 16.7. The number of rotatable bonds is 2. The summed E-state index contributed by atoms with van der Waals surface area (Å²) in [5.41, 5.74) is 6.99. The second kappa shape index (κ2) is 6.22. The minimum Gasteiger partial charge on any atom is -0.327 e. The number of amides is 1. The number of anilines is 1. The Morgan fingerprint density at radius 1 is 1.19 bits per heavy atom. The number of hydrogen-bond acceptors (Lipinski definition) is 3. The van der Waals surface area contributed by atoms with Crippen LogP contribution >= 0.6 is 0 Å².